The summed E-state index contributed by atoms with van der Waals surface area (Å²) >= 11 is 0. The van der Waals surface area contributed by atoms with Gasteiger partial charge in [-0.1, -0.05) is 48.5 Å². The van der Waals surface area contributed by atoms with Gasteiger partial charge >= 0.3 is 12.1 Å². The molecule has 0 aromatic heterocycles. The first kappa shape index (κ1) is 21.4. The van der Waals surface area contributed by atoms with Crippen molar-refractivity contribution in [3.8, 4) is 11.1 Å². The van der Waals surface area contributed by atoms with Crippen LogP contribution < -0.4 is 16.0 Å². The predicted molar refractivity (Wildman–Crippen MR) is 114 cm³/mol. The maximum atomic E-state index is 12.4. The summed E-state index contributed by atoms with van der Waals surface area (Å²) in [5, 5.41) is 16.4. The van der Waals surface area contributed by atoms with Crippen LogP contribution in [-0.2, 0) is 19.1 Å². The number of ether oxygens (including phenoxy) is 1. The average molecular weight is 437 g/mol. The van der Waals surface area contributed by atoms with Crippen molar-refractivity contribution < 1.29 is 29.0 Å². The van der Waals surface area contributed by atoms with Crippen molar-refractivity contribution in [3.05, 3.63) is 59.7 Å². The van der Waals surface area contributed by atoms with Gasteiger partial charge in [0.05, 0.1) is 0 Å². The molecule has 0 saturated carbocycles. The standard InChI is InChI=1S/C23H23N3O6/c1-12(20(27)26-19-17(22(29)30)10-24-21(19)28)25-23(31)32-11-18-15-8-4-2-6-13(15)14-7-3-5-9-16(14)18/h2-9,12,17-19H,10-11H2,1H3,(H,24,28)(H,25,31)(H,26,27)(H,29,30)/t12-,17?,19?/m1/s1. The second-order valence-corrected chi connectivity index (χ2v) is 7.87. The fourth-order valence-electron chi connectivity index (χ4n) is 4.18. The average Bonchev–Trinajstić information content (AvgIpc) is 3.30. The predicted octanol–water partition coefficient (Wildman–Crippen LogP) is 1.23. The van der Waals surface area contributed by atoms with Crippen LogP contribution in [0.15, 0.2) is 48.5 Å². The number of hydrogen-bond acceptors (Lipinski definition) is 5. The van der Waals surface area contributed by atoms with E-state index in [1.54, 1.807) is 0 Å². The lowest BCUT2D eigenvalue weighted by atomic mass is 9.98. The van der Waals surface area contributed by atoms with E-state index in [1.807, 2.05) is 48.5 Å². The van der Waals surface area contributed by atoms with Crippen molar-refractivity contribution in [2.45, 2.75) is 24.9 Å². The molecule has 0 bridgehead atoms. The number of benzene rings is 2. The lowest BCUT2D eigenvalue weighted by Gasteiger charge is -2.19. The van der Waals surface area contributed by atoms with Crippen LogP contribution in [0.4, 0.5) is 4.79 Å². The van der Waals surface area contributed by atoms with Gasteiger partial charge in [0.1, 0.15) is 24.6 Å². The molecule has 2 aliphatic rings. The summed E-state index contributed by atoms with van der Waals surface area (Å²) in [5.74, 6) is -3.61. The number of carboxylic acid groups (broad SMARTS) is 1. The van der Waals surface area contributed by atoms with Gasteiger partial charge in [-0.25, -0.2) is 4.79 Å². The fraction of sp³-hybridized carbons (Fsp3) is 0.304. The molecule has 1 saturated heterocycles. The highest BCUT2D eigenvalue weighted by molar-refractivity contribution is 5.96. The number of carboxylic acids is 1. The van der Waals surface area contributed by atoms with Crippen molar-refractivity contribution in [1.82, 2.24) is 16.0 Å². The van der Waals surface area contributed by atoms with Crippen molar-refractivity contribution in [2.75, 3.05) is 13.2 Å². The molecule has 9 heteroatoms. The summed E-state index contributed by atoms with van der Waals surface area (Å²) in [5.41, 5.74) is 4.35. The van der Waals surface area contributed by atoms with Crippen LogP contribution in [0.3, 0.4) is 0 Å². The lowest BCUT2D eigenvalue weighted by Crippen LogP contribution is -2.52. The zero-order chi connectivity index (χ0) is 22.8. The Labute approximate surface area is 184 Å². The Kier molecular flexibility index (Phi) is 5.81. The molecule has 2 unspecified atom stereocenters. The number of carbonyl (C=O) groups is 4. The second-order valence-electron chi connectivity index (χ2n) is 7.87. The minimum atomic E-state index is -1.19. The summed E-state index contributed by atoms with van der Waals surface area (Å²) in [4.78, 5) is 47.8. The van der Waals surface area contributed by atoms with Crippen molar-refractivity contribution in [2.24, 2.45) is 5.92 Å². The van der Waals surface area contributed by atoms with Crippen LogP contribution in [0.2, 0.25) is 0 Å². The second kappa shape index (κ2) is 8.70. The Balaban J connectivity index is 1.35. The molecule has 32 heavy (non-hydrogen) atoms. The van der Waals surface area contributed by atoms with E-state index in [9.17, 15) is 24.3 Å². The Morgan fingerprint density at radius 2 is 1.69 bits per heavy atom. The quantitative estimate of drug-likeness (QED) is 0.537. The largest absolute Gasteiger partial charge is 0.481 e. The summed E-state index contributed by atoms with van der Waals surface area (Å²) < 4.78 is 5.41. The smallest absolute Gasteiger partial charge is 0.407 e. The van der Waals surface area contributed by atoms with Gasteiger partial charge in [-0.2, -0.15) is 0 Å². The third-order valence-corrected chi connectivity index (χ3v) is 5.87. The summed E-state index contributed by atoms with van der Waals surface area (Å²) in [6, 6.07) is 13.7. The van der Waals surface area contributed by atoms with Gasteiger partial charge in [0.25, 0.3) is 0 Å². The van der Waals surface area contributed by atoms with Crippen LogP contribution in [0, 0.1) is 5.92 Å². The highest BCUT2D eigenvalue weighted by atomic mass is 16.5. The van der Waals surface area contributed by atoms with Crippen LogP contribution in [0.25, 0.3) is 11.1 Å². The molecule has 2 aromatic carbocycles. The first-order valence-corrected chi connectivity index (χ1v) is 10.3. The fourth-order valence-corrected chi connectivity index (χ4v) is 4.18. The molecule has 0 radical (unpaired) electrons. The Bertz CT molecular complexity index is 1040. The van der Waals surface area contributed by atoms with Crippen molar-refractivity contribution in [1.29, 1.82) is 0 Å². The maximum absolute atomic E-state index is 12.4. The minimum absolute atomic E-state index is 0.0622. The molecule has 9 nitrogen and oxygen atoms in total. The number of hydrogen-bond donors (Lipinski definition) is 4. The first-order chi connectivity index (χ1) is 15.4. The van der Waals surface area contributed by atoms with Crippen LogP contribution in [-0.4, -0.2) is 54.2 Å². The molecule has 3 atom stereocenters. The van der Waals surface area contributed by atoms with Gasteiger partial charge in [0.2, 0.25) is 11.8 Å². The van der Waals surface area contributed by atoms with E-state index in [0.29, 0.717) is 0 Å². The SMILES string of the molecule is C[C@@H](NC(=O)OCC1c2ccccc2-c2ccccc21)C(=O)NC1C(=O)NCC1C(=O)O. The minimum Gasteiger partial charge on any atom is -0.481 e. The zero-order valence-corrected chi connectivity index (χ0v) is 17.3. The molecule has 3 amide bonds. The molecular weight excluding hydrogens is 414 g/mol. The third kappa shape index (κ3) is 4.01. The summed E-state index contributed by atoms with van der Waals surface area (Å²) in [7, 11) is 0. The van der Waals surface area contributed by atoms with E-state index < -0.39 is 41.9 Å². The van der Waals surface area contributed by atoms with Gasteiger partial charge in [-0.15, -0.1) is 0 Å². The molecule has 4 N–H and O–H groups in total. The van der Waals surface area contributed by atoms with Crippen LogP contribution in [0.5, 0.6) is 0 Å². The molecule has 2 aromatic rings. The monoisotopic (exact) mass is 437 g/mol. The number of carbonyl (C=O) groups excluding carboxylic acids is 3. The van der Waals surface area contributed by atoms with Gasteiger partial charge < -0.3 is 25.8 Å². The molecule has 0 spiro atoms. The molecule has 1 fully saturated rings. The Hall–Kier alpha value is -3.88. The number of nitrogens with one attached hydrogen (secondary N) is 3. The molecule has 166 valence electrons. The van der Waals surface area contributed by atoms with E-state index >= 15 is 0 Å². The van der Waals surface area contributed by atoms with E-state index in [2.05, 4.69) is 16.0 Å². The van der Waals surface area contributed by atoms with E-state index in [0.717, 1.165) is 22.3 Å². The highest BCUT2D eigenvalue weighted by Crippen LogP contribution is 2.44. The summed E-state index contributed by atoms with van der Waals surface area (Å²) in [6.07, 6.45) is -0.778. The molecule has 1 heterocycles. The third-order valence-electron chi connectivity index (χ3n) is 5.87. The molecule has 1 aliphatic carbocycles. The van der Waals surface area contributed by atoms with Gasteiger partial charge in [-0.05, 0) is 29.2 Å². The van der Waals surface area contributed by atoms with E-state index in [4.69, 9.17) is 4.74 Å². The number of alkyl carbamates (subject to hydrolysis) is 1. The van der Waals surface area contributed by atoms with E-state index in [-0.39, 0.29) is 19.1 Å². The number of rotatable bonds is 6. The Morgan fingerprint density at radius 1 is 1.09 bits per heavy atom. The van der Waals surface area contributed by atoms with Gasteiger partial charge in [0.15, 0.2) is 0 Å². The molecule has 4 rings (SSSR count). The lowest BCUT2D eigenvalue weighted by molar-refractivity contribution is -0.143. The number of fused-ring (bicyclic) bond motifs is 3. The highest BCUT2D eigenvalue weighted by Gasteiger charge is 2.41. The van der Waals surface area contributed by atoms with Crippen LogP contribution in [0.1, 0.15) is 24.0 Å². The summed E-state index contributed by atoms with van der Waals surface area (Å²) in [6.45, 7) is 1.47. The van der Waals surface area contributed by atoms with Crippen LogP contribution >= 0.6 is 0 Å². The topological polar surface area (TPSA) is 134 Å². The zero-order valence-electron chi connectivity index (χ0n) is 17.3. The van der Waals surface area contributed by atoms with Gasteiger partial charge in [-0.3, -0.25) is 14.4 Å². The normalized spacial score (nSPS) is 20.0. The Morgan fingerprint density at radius 3 is 2.28 bits per heavy atom. The van der Waals surface area contributed by atoms with Gasteiger partial charge in [0, 0.05) is 12.5 Å². The van der Waals surface area contributed by atoms with E-state index in [1.165, 1.54) is 6.92 Å². The number of amides is 3. The molecular formula is C23H23N3O6. The molecule has 1 aliphatic heterocycles. The van der Waals surface area contributed by atoms with Crippen molar-refractivity contribution >= 4 is 23.9 Å². The maximum Gasteiger partial charge on any atom is 0.407 e. The first-order valence-electron chi connectivity index (χ1n) is 10.3. The number of aliphatic carboxylic acids is 1. The van der Waals surface area contributed by atoms with Crippen molar-refractivity contribution in [3.63, 3.8) is 0 Å².